The second kappa shape index (κ2) is 9.09. The Labute approximate surface area is 130 Å². The average Bonchev–Trinajstić information content (AvgIpc) is 2.79. The number of benzene rings is 1. The molecule has 2 rings (SSSR count). The van der Waals surface area contributed by atoms with Crippen molar-refractivity contribution < 1.29 is 4.74 Å². The highest BCUT2D eigenvalue weighted by Gasteiger charge is 2.22. The van der Waals surface area contributed by atoms with E-state index in [1.165, 1.54) is 50.5 Å². The molecular weight excluding hydrogens is 258 g/mol. The van der Waals surface area contributed by atoms with Crippen LogP contribution in [0.5, 0.6) is 5.75 Å². The van der Waals surface area contributed by atoms with Gasteiger partial charge in [0.1, 0.15) is 5.75 Å². The molecule has 1 aliphatic rings. The molecule has 1 aliphatic carbocycles. The van der Waals surface area contributed by atoms with Crippen molar-refractivity contribution in [2.24, 2.45) is 5.92 Å². The molecule has 0 aromatic heterocycles. The summed E-state index contributed by atoms with van der Waals surface area (Å²) in [4.78, 5) is 0. The summed E-state index contributed by atoms with van der Waals surface area (Å²) < 4.78 is 5.76. The molecule has 2 heteroatoms. The van der Waals surface area contributed by atoms with Gasteiger partial charge in [0.25, 0.3) is 0 Å². The molecule has 1 aromatic carbocycles. The van der Waals surface area contributed by atoms with Crippen molar-refractivity contribution >= 4 is 0 Å². The summed E-state index contributed by atoms with van der Waals surface area (Å²) in [6, 6.07) is 9.24. The van der Waals surface area contributed by atoms with Crippen molar-refractivity contribution in [1.82, 2.24) is 5.32 Å². The van der Waals surface area contributed by atoms with Crippen LogP contribution >= 0.6 is 0 Å². The fraction of sp³-hybridized carbons (Fsp3) is 0.684. The van der Waals surface area contributed by atoms with Crippen LogP contribution in [0.1, 0.15) is 69.9 Å². The Bertz CT molecular complexity index is 379. The average molecular weight is 289 g/mol. The molecule has 0 amide bonds. The molecular formula is C19H31NO. The molecule has 1 saturated carbocycles. The first-order chi connectivity index (χ1) is 10.3. The maximum Gasteiger partial charge on any atom is 0.119 e. The topological polar surface area (TPSA) is 21.3 Å². The van der Waals surface area contributed by atoms with E-state index >= 15 is 0 Å². The fourth-order valence-corrected chi connectivity index (χ4v) is 3.42. The van der Waals surface area contributed by atoms with E-state index in [-0.39, 0.29) is 0 Å². The van der Waals surface area contributed by atoms with E-state index in [0.717, 1.165) is 24.7 Å². The van der Waals surface area contributed by atoms with Gasteiger partial charge in [-0.15, -0.1) is 0 Å². The van der Waals surface area contributed by atoms with Gasteiger partial charge in [0.05, 0.1) is 6.61 Å². The normalized spacial score (nSPS) is 18.2. The molecule has 0 saturated heterocycles. The van der Waals surface area contributed by atoms with Gasteiger partial charge in [-0.05, 0) is 49.9 Å². The van der Waals surface area contributed by atoms with Crippen LogP contribution in [0.2, 0.25) is 0 Å². The van der Waals surface area contributed by atoms with Gasteiger partial charge in [0.2, 0.25) is 0 Å². The van der Waals surface area contributed by atoms with Crippen LogP contribution in [0, 0.1) is 5.92 Å². The van der Waals surface area contributed by atoms with Crippen molar-refractivity contribution in [3.63, 3.8) is 0 Å². The summed E-state index contributed by atoms with van der Waals surface area (Å²) in [6.45, 7) is 3.02. The van der Waals surface area contributed by atoms with Crippen LogP contribution in [0.25, 0.3) is 0 Å². The Balaban J connectivity index is 1.97. The summed E-state index contributed by atoms with van der Waals surface area (Å²) in [7, 11) is 2.10. The SMILES string of the molecule is CCCCOc1ccc(C(NC)C2CCCCCC2)cc1. The minimum Gasteiger partial charge on any atom is -0.494 e. The predicted octanol–water partition coefficient (Wildman–Crippen LogP) is 5.10. The number of ether oxygens (including phenoxy) is 1. The summed E-state index contributed by atoms with van der Waals surface area (Å²) in [5, 5.41) is 3.55. The van der Waals surface area contributed by atoms with Gasteiger partial charge in [-0.2, -0.15) is 0 Å². The molecule has 0 heterocycles. The van der Waals surface area contributed by atoms with E-state index in [1.807, 2.05) is 0 Å². The Morgan fingerprint density at radius 2 is 1.76 bits per heavy atom. The molecule has 118 valence electrons. The van der Waals surface area contributed by atoms with Gasteiger partial charge in [-0.25, -0.2) is 0 Å². The lowest BCUT2D eigenvalue weighted by atomic mass is 9.87. The van der Waals surface area contributed by atoms with Gasteiger partial charge >= 0.3 is 0 Å². The first-order valence-corrected chi connectivity index (χ1v) is 8.75. The minimum atomic E-state index is 0.493. The number of unbranched alkanes of at least 4 members (excludes halogenated alkanes) is 1. The second-order valence-electron chi connectivity index (χ2n) is 6.29. The van der Waals surface area contributed by atoms with Gasteiger partial charge < -0.3 is 10.1 Å². The molecule has 21 heavy (non-hydrogen) atoms. The smallest absolute Gasteiger partial charge is 0.119 e. The van der Waals surface area contributed by atoms with Crippen LogP contribution in [-0.4, -0.2) is 13.7 Å². The first-order valence-electron chi connectivity index (χ1n) is 8.75. The van der Waals surface area contributed by atoms with E-state index in [2.05, 4.69) is 43.6 Å². The second-order valence-corrected chi connectivity index (χ2v) is 6.29. The molecule has 1 aromatic rings. The van der Waals surface area contributed by atoms with E-state index in [1.54, 1.807) is 0 Å². The standard InChI is InChI=1S/C19H31NO/c1-3-4-15-21-18-13-11-17(12-14-18)19(20-2)16-9-7-5-6-8-10-16/h11-14,16,19-20H,3-10,15H2,1-2H3. The Morgan fingerprint density at radius 3 is 2.33 bits per heavy atom. The highest BCUT2D eigenvalue weighted by Crippen LogP contribution is 2.33. The monoisotopic (exact) mass is 289 g/mol. The Kier molecular flexibility index (Phi) is 7.08. The summed E-state index contributed by atoms with van der Waals surface area (Å²) in [6.07, 6.45) is 10.6. The lowest BCUT2D eigenvalue weighted by Crippen LogP contribution is -2.25. The van der Waals surface area contributed by atoms with Crippen molar-refractivity contribution in [3.05, 3.63) is 29.8 Å². The van der Waals surface area contributed by atoms with Gasteiger partial charge in [-0.3, -0.25) is 0 Å². The third-order valence-electron chi connectivity index (χ3n) is 4.69. The van der Waals surface area contributed by atoms with E-state index < -0.39 is 0 Å². The fourth-order valence-electron chi connectivity index (χ4n) is 3.42. The van der Waals surface area contributed by atoms with Gasteiger partial charge in [0, 0.05) is 6.04 Å². The summed E-state index contributed by atoms with van der Waals surface area (Å²) in [5.41, 5.74) is 1.41. The molecule has 1 N–H and O–H groups in total. The zero-order valence-electron chi connectivity index (χ0n) is 13.7. The maximum atomic E-state index is 5.76. The zero-order valence-corrected chi connectivity index (χ0v) is 13.7. The van der Waals surface area contributed by atoms with Crippen LogP contribution in [-0.2, 0) is 0 Å². The molecule has 0 aliphatic heterocycles. The van der Waals surface area contributed by atoms with Crippen molar-refractivity contribution in [2.45, 2.75) is 64.3 Å². The van der Waals surface area contributed by atoms with Gasteiger partial charge in [-0.1, -0.05) is 51.2 Å². The van der Waals surface area contributed by atoms with Crippen LogP contribution in [0.4, 0.5) is 0 Å². The number of hydrogen-bond acceptors (Lipinski definition) is 2. The molecule has 2 nitrogen and oxygen atoms in total. The first kappa shape index (κ1) is 16.4. The number of nitrogens with one attached hydrogen (secondary N) is 1. The highest BCUT2D eigenvalue weighted by atomic mass is 16.5. The van der Waals surface area contributed by atoms with E-state index in [9.17, 15) is 0 Å². The van der Waals surface area contributed by atoms with Crippen LogP contribution in [0.15, 0.2) is 24.3 Å². The van der Waals surface area contributed by atoms with Crippen molar-refractivity contribution in [2.75, 3.05) is 13.7 Å². The highest BCUT2D eigenvalue weighted by molar-refractivity contribution is 5.29. The molecule has 0 spiro atoms. The Hall–Kier alpha value is -1.02. The van der Waals surface area contributed by atoms with E-state index in [0.29, 0.717) is 6.04 Å². The summed E-state index contributed by atoms with van der Waals surface area (Å²) >= 11 is 0. The molecule has 0 bridgehead atoms. The quantitative estimate of drug-likeness (QED) is 0.557. The largest absolute Gasteiger partial charge is 0.494 e. The van der Waals surface area contributed by atoms with Crippen LogP contribution in [0.3, 0.4) is 0 Å². The molecule has 1 unspecified atom stereocenters. The Morgan fingerprint density at radius 1 is 1.10 bits per heavy atom. The number of hydrogen-bond donors (Lipinski definition) is 1. The van der Waals surface area contributed by atoms with Crippen molar-refractivity contribution in [3.8, 4) is 5.75 Å². The lowest BCUT2D eigenvalue weighted by molar-refractivity contribution is 0.308. The summed E-state index contributed by atoms with van der Waals surface area (Å²) in [5.74, 6) is 1.78. The molecule has 0 radical (unpaired) electrons. The van der Waals surface area contributed by atoms with Gasteiger partial charge in [0.15, 0.2) is 0 Å². The minimum absolute atomic E-state index is 0.493. The molecule has 1 atom stereocenters. The van der Waals surface area contributed by atoms with Crippen LogP contribution < -0.4 is 10.1 Å². The third-order valence-corrected chi connectivity index (χ3v) is 4.69. The van der Waals surface area contributed by atoms with Crippen molar-refractivity contribution in [1.29, 1.82) is 0 Å². The predicted molar refractivity (Wildman–Crippen MR) is 89.8 cm³/mol. The lowest BCUT2D eigenvalue weighted by Gasteiger charge is -2.26. The molecule has 1 fully saturated rings. The zero-order chi connectivity index (χ0) is 14.9. The third kappa shape index (κ3) is 5.03. The number of rotatable bonds is 7. The maximum absolute atomic E-state index is 5.76. The van der Waals surface area contributed by atoms with E-state index in [4.69, 9.17) is 4.74 Å².